The van der Waals surface area contributed by atoms with Gasteiger partial charge in [-0.25, -0.2) is 9.18 Å². The molecule has 1 saturated heterocycles. The minimum Gasteiger partial charge on any atom is -0.477 e. The summed E-state index contributed by atoms with van der Waals surface area (Å²) >= 11 is 0. The van der Waals surface area contributed by atoms with Crippen LogP contribution in [-0.4, -0.2) is 34.6 Å². The van der Waals surface area contributed by atoms with Gasteiger partial charge < -0.3 is 15.7 Å². The lowest BCUT2D eigenvalue weighted by molar-refractivity contribution is 0.0694. The molecule has 8 heteroatoms. The molecule has 1 aliphatic carbocycles. The Morgan fingerprint density at radius 2 is 2.00 bits per heavy atom. The zero-order chi connectivity index (χ0) is 17.9. The van der Waals surface area contributed by atoms with Gasteiger partial charge in [-0.2, -0.15) is 0 Å². The normalized spacial score (nSPS) is 19.7. The van der Waals surface area contributed by atoms with Gasteiger partial charge in [0.1, 0.15) is 5.56 Å². The van der Waals surface area contributed by atoms with Gasteiger partial charge in [0.2, 0.25) is 0 Å². The first-order chi connectivity index (χ1) is 11.9. The number of aromatic carboxylic acids is 1. The number of carboxylic acids is 1. The monoisotopic (exact) mass is 381 g/mol. The van der Waals surface area contributed by atoms with E-state index < -0.39 is 17.3 Å². The third kappa shape index (κ3) is 2.85. The molecular formula is C18H21ClFN3O3. The summed E-state index contributed by atoms with van der Waals surface area (Å²) in [6.45, 7) is 2.76. The summed E-state index contributed by atoms with van der Waals surface area (Å²) in [6.07, 6.45) is 2.70. The highest BCUT2D eigenvalue weighted by Gasteiger charge is 2.31. The van der Waals surface area contributed by atoms with E-state index in [9.17, 15) is 19.1 Å². The van der Waals surface area contributed by atoms with Crippen LogP contribution in [0.3, 0.4) is 0 Å². The molecule has 3 N–H and O–H groups in total. The van der Waals surface area contributed by atoms with Crippen LogP contribution in [0.2, 0.25) is 0 Å². The second kappa shape index (κ2) is 6.55. The van der Waals surface area contributed by atoms with Crippen LogP contribution in [-0.2, 0) is 0 Å². The number of halogens is 2. The van der Waals surface area contributed by atoms with Gasteiger partial charge in [0.15, 0.2) is 5.82 Å². The molecule has 0 amide bonds. The summed E-state index contributed by atoms with van der Waals surface area (Å²) in [7, 11) is 0. The molecule has 1 unspecified atom stereocenters. The molecular weight excluding hydrogens is 361 g/mol. The van der Waals surface area contributed by atoms with E-state index in [1.807, 2.05) is 4.90 Å². The Kier molecular flexibility index (Phi) is 4.71. The lowest BCUT2D eigenvalue weighted by atomic mass is 10.0. The molecule has 1 atom stereocenters. The van der Waals surface area contributed by atoms with Gasteiger partial charge in [0, 0.05) is 19.1 Å². The number of aryl methyl sites for hydroxylation is 1. The Morgan fingerprint density at radius 1 is 1.31 bits per heavy atom. The van der Waals surface area contributed by atoms with Crippen molar-refractivity contribution < 1.29 is 14.3 Å². The molecule has 0 radical (unpaired) electrons. The lowest BCUT2D eigenvalue weighted by Crippen LogP contribution is -2.29. The second-order valence-corrected chi connectivity index (χ2v) is 7.04. The fraction of sp³-hybridized carbons (Fsp3) is 0.444. The van der Waals surface area contributed by atoms with Crippen LogP contribution in [0.25, 0.3) is 5.52 Å². The van der Waals surface area contributed by atoms with Crippen molar-refractivity contribution in [2.75, 3.05) is 18.0 Å². The molecule has 1 aliphatic heterocycles. The molecule has 6 nitrogen and oxygen atoms in total. The van der Waals surface area contributed by atoms with Crippen molar-refractivity contribution in [2.24, 2.45) is 5.73 Å². The van der Waals surface area contributed by atoms with Crippen LogP contribution in [0.1, 0.15) is 46.8 Å². The van der Waals surface area contributed by atoms with Crippen LogP contribution in [0, 0.1) is 12.7 Å². The minimum atomic E-state index is -1.28. The number of fused-ring (bicyclic) bond motifs is 1. The third-order valence-corrected chi connectivity index (χ3v) is 5.23. The molecule has 2 aliphatic rings. The van der Waals surface area contributed by atoms with E-state index in [0.29, 0.717) is 24.3 Å². The van der Waals surface area contributed by atoms with Crippen molar-refractivity contribution in [1.29, 1.82) is 0 Å². The summed E-state index contributed by atoms with van der Waals surface area (Å²) in [4.78, 5) is 25.9. The number of nitrogens with two attached hydrogens (primary N) is 1. The van der Waals surface area contributed by atoms with Crippen LogP contribution in [0.4, 0.5) is 10.1 Å². The van der Waals surface area contributed by atoms with Gasteiger partial charge in [0.05, 0.1) is 16.9 Å². The molecule has 3 heterocycles. The van der Waals surface area contributed by atoms with Crippen LogP contribution < -0.4 is 16.2 Å². The zero-order valence-electron chi connectivity index (χ0n) is 14.4. The lowest BCUT2D eigenvalue weighted by Gasteiger charge is -2.22. The SMILES string of the molecule is Cc1c(F)c(N2CCC(N)C2)cc2c(C3CC3)cc(C(=O)O)c(=O)n12.Cl. The van der Waals surface area contributed by atoms with Crippen molar-refractivity contribution in [3.63, 3.8) is 0 Å². The maximum absolute atomic E-state index is 15.0. The summed E-state index contributed by atoms with van der Waals surface area (Å²) in [5.74, 6) is -1.55. The largest absolute Gasteiger partial charge is 0.477 e. The number of nitrogens with zero attached hydrogens (tertiary/aromatic N) is 2. The van der Waals surface area contributed by atoms with E-state index in [1.165, 1.54) is 17.4 Å². The Balaban J connectivity index is 0.00000196. The van der Waals surface area contributed by atoms with E-state index in [4.69, 9.17) is 5.73 Å². The number of carboxylic acid groups (broad SMARTS) is 1. The van der Waals surface area contributed by atoms with Gasteiger partial charge in [0.25, 0.3) is 5.56 Å². The summed E-state index contributed by atoms with van der Waals surface area (Å²) in [5, 5.41) is 9.34. The van der Waals surface area contributed by atoms with Gasteiger partial charge in [-0.1, -0.05) is 0 Å². The number of carbonyl (C=O) groups is 1. The van der Waals surface area contributed by atoms with Crippen LogP contribution in [0.15, 0.2) is 16.9 Å². The average molecular weight is 382 g/mol. The van der Waals surface area contributed by atoms with E-state index in [0.717, 1.165) is 24.8 Å². The van der Waals surface area contributed by atoms with E-state index >= 15 is 0 Å². The zero-order valence-corrected chi connectivity index (χ0v) is 15.2. The number of hydrogen-bond donors (Lipinski definition) is 2. The van der Waals surface area contributed by atoms with Crippen molar-refractivity contribution in [3.05, 3.63) is 45.1 Å². The molecule has 2 aromatic heterocycles. The van der Waals surface area contributed by atoms with Crippen molar-refractivity contribution >= 4 is 29.6 Å². The maximum Gasteiger partial charge on any atom is 0.341 e. The second-order valence-electron chi connectivity index (χ2n) is 7.04. The van der Waals surface area contributed by atoms with E-state index in [2.05, 4.69) is 0 Å². The molecule has 0 bridgehead atoms. The van der Waals surface area contributed by atoms with Crippen LogP contribution in [0.5, 0.6) is 0 Å². The fourth-order valence-electron chi connectivity index (χ4n) is 3.72. The molecule has 0 aromatic carbocycles. The van der Waals surface area contributed by atoms with Crippen molar-refractivity contribution in [1.82, 2.24) is 4.40 Å². The summed E-state index contributed by atoms with van der Waals surface area (Å²) in [6, 6.07) is 3.16. The minimum absolute atomic E-state index is 0. The molecule has 4 rings (SSSR count). The number of pyridine rings is 2. The first-order valence-corrected chi connectivity index (χ1v) is 8.51. The number of rotatable bonds is 3. The van der Waals surface area contributed by atoms with E-state index in [-0.39, 0.29) is 35.6 Å². The predicted octanol–water partition coefficient (Wildman–Crippen LogP) is 2.28. The Morgan fingerprint density at radius 3 is 2.54 bits per heavy atom. The number of aromatic nitrogens is 1. The molecule has 1 saturated carbocycles. The highest BCUT2D eigenvalue weighted by Crippen LogP contribution is 2.43. The summed E-state index contributed by atoms with van der Waals surface area (Å²) in [5.41, 5.74) is 6.94. The topological polar surface area (TPSA) is 88.0 Å². The summed E-state index contributed by atoms with van der Waals surface area (Å²) < 4.78 is 16.2. The molecule has 0 spiro atoms. The van der Waals surface area contributed by atoms with Gasteiger partial charge in [-0.05, 0) is 49.8 Å². The first kappa shape index (κ1) is 18.7. The smallest absolute Gasteiger partial charge is 0.341 e. The fourth-order valence-corrected chi connectivity index (χ4v) is 3.72. The third-order valence-electron chi connectivity index (χ3n) is 5.23. The Labute approximate surface area is 155 Å². The Hall–Kier alpha value is -2.12. The van der Waals surface area contributed by atoms with Crippen LogP contribution >= 0.6 is 12.4 Å². The average Bonchev–Trinajstić information content (AvgIpc) is 3.31. The quantitative estimate of drug-likeness (QED) is 0.851. The predicted molar refractivity (Wildman–Crippen MR) is 99.3 cm³/mol. The first-order valence-electron chi connectivity index (χ1n) is 8.51. The van der Waals surface area contributed by atoms with Crippen molar-refractivity contribution in [3.8, 4) is 0 Å². The molecule has 2 aromatic rings. The molecule has 2 fully saturated rings. The highest BCUT2D eigenvalue weighted by atomic mass is 35.5. The Bertz CT molecular complexity index is 955. The molecule has 140 valence electrons. The standard InChI is InChI=1S/C18H20FN3O3.ClH/c1-9-16(19)15(21-5-4-11(20)8-21)7-14-12(10-2-3-10)6-13(18(24)25)17(23)22(9)14;/h6-7,10-11H,2-5,8,20H2,1H3,(H,24,25);1H. The number of anilines is 1. The highest BCUT2D eigenvalue weighted by molar-refractivity contribution is 5.88. The van der Waals surface area contributed by atoms with E-state index in [1.54, 1.807) is 6.07 Å². The number of hydrogen-bond acceptors (Lipinski definition) is 4. The molecule has 26 heavy (non-hydrogen) atoms. The van der Waals surface area contributed by atoms with Crippen molar-refractivity contribution in [2.45, 2.75) is 38.1 Å². The van der Waals surface area contributed by atoms with Gasteiger partial charge >= 0.3 is 5.97 Å². The van der Waals surface area contributed by atoms with Gasteiger partial charge in [-0.3, -0.25) is 9.20 Å². The maximum atomic E-state index is 15.0. The van der Waals surface area contributed by atoms with Gasteiger partial charge in [-0.15, -0.1) is 12.4 Å².